The fraction of sp³-hybridized carbons (Fsp3) is 1.00. The molecule has 0 amide bonds. The first kappa shape index (κ1) is 36.4. The van der Waals surface area contributed by atoms with E-state index in [1.54, 1.807) is 0 Å². The van der Waals surface area contributed by atoms with E-state index >= 15 is 0 Å². The highest BCUT2D eigenvalue weighted by molar-refractivity contribution is 7.40. The SMILES string of the molecule is CCC[N+](C)(C)CC.CCC[N+](C)(C)CC.CCC[N+](C)(C)CC.O=P([O-])([O-])[O-]. The molecule has 0 N–H and O–H groups in total. The maximum atomic E-state index is 8.55. The molecule has 0 aromatic heterocycles. The summed E-state index contributed by atoms with van der Waals surface area (Å²) in [4.78, 5) is 25.6. The van der Waals surface area contributed by atoms with E-state index in [0.29, 0.717) is 0 Å². The lowest BCUT2D eigenvalue weighted by molar-refractivity contribution is -0.888. The molecule has 182 valence electrons. The van der Waals surface area contributed by atoms with E-state index in [1.807, 2.05) is 0 Å². The van der Waals surface area contributed by atoms with Crippen LogP contribution in [0, 0.1) is 0 Å². The highest BCUT2D eigenvalue weighted by atomic mass is 31.2. The molecule has 0 aliphatic rings. The highest BCUT2D eigenvalue weighted by Crippen LogP contribution is 2.03. The van der Waals surface area contributed by atoms with E-state index in [-0.39, 0.29) is 0 Å². The quantitative estimate of drug-likeness (QED) is 0.401. The Morgan fingerprint density at radius 3 is 0.690 bits per heavy atom. The molecule has 7 nitrogen and oxygen atoms in total. The van der Waals surface area contributed by atoms with Gasteiger partial charge >= 0.3 is 0 Å². The van der Waals surface area contributed by atoms with Crippen LogP contribution in [0.4, 0.5) is 0 Å². The highest BCUT2D eigenvalue weighted by Gasteiger charge is 2.08. The molecule has 0 aliphatic heterocycles. The van der Waals surface area contributed by atoms with Gasteiger partial charge in [0.25, 0.3) is 0 Å². The fourth-order valence-electron chi connectivity index (χ4n) is 2.29. The molecular weight excluding hydrogens is 389 g/mol. The van der Waals surface area contributed by atoms with Crippen LogP contribution in [-0.4, -0.2) is 95.0 Å². The summed E-state index contributed by atoms with van der Waals surface area (Å²) in [5.41, 5.74) is 0. The Labute approximate surface area is 183 Å². The van der Waals surface area contributed by atoms with Crippen LogP contribution in [0.15, 0.2) is 0 Å². The van der Waals surface area contributed by atoms with Gasteiger partial charge in [-0.3, -0.25) is 0 Å². The molecule has 0 saturated heterocycles. The lowest BCUT2D eigenvalue weighted by atomic mass is 10.4. The largest absolute Gasteiger partial charge is 0.822 e. The third kappa shape index (κ3) is 42.9. The van der Waals surface area contributed by atoms with Crippen LogP contribution < -0.4 is 14.7 Å². The van der Waals surface area contributed by atoms with Crippen molar-refractivity contribution in [3.63, 3.8) is 0 Å². The second-order valence-electron chi connectivity index (χ2n) is 9.37. The molecule has 8 heteroatoms. The zero-order valence-corrected chi connectivity index (χ0v) is 22.7. The molecule has 0 aromatic carbocycles. The number of hydrogen-bond acceptors (Lipinski definition) is 4. The van der Waals surface area contributed by atoms with Gasteiger partial charge in [0, 0.05) is 0 Å². The Balaban J connectivity index is -0.000000146. The summed E-state index contributed by atoms with van der Waals surface area (Å²) in [7, 11) is 8.22. The molecule has 0 spiro atoms. The molecular formula is C21H54N3O4P. The van der Waals surface area contributed by atoms with E-state index in [2.05, 4.69) is 83.8 Å². The van der Waals surface area contributed by atoms with Crippen LogP contribution in [0.5, 0.6) is 0 Å². The first-order chi connectivity index (χ1) is 12.9. The van der Waals surface area contributed by atoms with Crippen LogP contribution >= 0.6 is 7.82 Å². The van der Waals surface area contributed by atoms with Gasteiger partial charge in [-0.05, 0) is 40.0 Å². The van der Waals surface area contributed by atoms with E-state index in [4.69, 9.17) is 19.2 Å². The van der Waals surface area contributed by atoms with Gasteiger partial charge in [-0.25, -0.2) is 0 Å². The molecule has 0 rings (SSSR count). The maximum Gasteiger partial charge on any atom is 0.0779 e. The number of rotatable bonds is 9. The molecule has 0 unspecified atom stereocenters. The van der Waals surface area contributed by atoms with E-state index < -0.39 is 7.82 Å². The standard InChI is InChI=1S/3C7H18N.H3O4P/c3*1-5-7-8(3,4)6-2;1-5(2,3)4/h3*5-7H2,1-4H3;(H3,1,2,3,4)/q3*+1;/p-3. The van der Waals surface area contributed by atoms with Gasteiger partial charge in [0.05, 0.1) is 81.6 Å². The van der Waals surface area contributed by atoms with Crippen molar-refractivity contribution in [3.05, 3.63) is 0 Å². The van der Waals surface area contributed by atoms with Gasteiger partial charge in [-0.15, -0.1) is 0 Å². The van der Waals surface area contributed by atoms with E-state index in [1.165, 1.54) is 58.5 Å². The van der Waals surface area contributed by atoms with E-state index in [9.17, 15) is 0 Å². The molecule has 0 bridgehead atoms. The normalized spacial score (nSPS) is 12.0. The molecule has 0 radical (unpaired) electrons. The van der Waals surface area contributed by atoms with Crippen molar-refractivity contribution in [2.45, 2.75) is 60.8 Å². The average molecular weight is 444 g/mol. The smallest absolute Gasteiger partial charge is 0.0779 e. The molecule has 29 heavy (non-hydrogen) atoms. The Morgan fingerprint density at radius 1 is 0.517 bits per heavy atom. The zero-order valence-electron chi connectivity index (χ0n) is 21.8. The number of quaternary nitrogens is 3. The summed E-state index contributed by atoms with van der Waals surface area (Å²) in [6.45, 7) is 21.0. The van der Waals surface area contributed by atoms with Gasteiger partial charge in [0.15, 0.2) is 0 Å². The van der Waals surface area contributed by atoms with Gasteiger partial charge in [0.1, 0.15) is 0 Å². The molecule has 0 atom stereocenters. The summed E-state index contributed by atoms with van der Waals surface area (Å²) in [6.07, 6.45) is 3.88. The van der Waals surface area contributed by atoms with Gasteiger partial charge in [-0.1, -0.05) is 20.8 Å². The molecule has 0 aromatic rings. The third-order valence-corrected chi connectivity index (χ3v) is 5.05. The second kappa shape index (κ2) is 18.7. The van der Waals surface area contributed by atoms with Crippen molar-refractivity contribution < 1.29 is 32.7 Å². The second-order valence-corrected chi connectivity index (χ2v) is 10.3. The Morgan fingerprint density at radius 2 is 0.655 bits per heavy atom. The van der Waals surface area contributed by atoms with Crippen LogP contribution in [0.3, 0.4) is 0 Å². The number of phosphoric acid groups is 1. The summed E-state index contributed by atoms with van der Waals surface area (Å²) in [5.74, 6) is 0. The Kier molecular flexibility index (Phi) is 23.5. The van der Waals surface area contributed by atoms with Crippen molar-refractivity contribution >= 4 is 7.82 Å². The minimum absolute atomic E-state index is 1.16. The zero-order chi connectivity index (χ0) is 24.4. The first-order valence-electron chi connectivity index (χ1n) is 11.1. The van der Waals surface area contributed by atoms with Crippen molar-refractivity contribution in [1.82, 2.24) is 0 Å². The maximum absolute atomic E-state index is 8.55. The Bertz CT molecular complexity index is 346. The van der Waals surface area contributed by atoms with E-state index in [0.717, 1.165) is 13.4 Å². The summed E-state index contributed by atoms with van der Waals surface area (Å²) in [6, 6.07) is 0. The first-order valence-corrected chi connectivity index (χ1v) is 12.5. The Hall–Kier alpha value is -0.0100. The van der Waals surface area contributed by atoms with Crippen molar-refractivity contribution in [3.8, 4) is 0 Å². The molecule has 0 heterocycles. The minimum Gasteiger partial charge on any atom is -0.822 e. The number of hydrogen-bond donors (Lipinski definition) is 0. The van der Waals surface area contributed by atoms with Gasteiger partial charge in [-0.2, -0.15) is 7.82 Å². The third-order valence-electron chi connectivity index (χ3n) is 5.05. The van der Waals surface area contributed by atoms with Crippen LogP contribution in [-0.2, 0) is 4.57 Å². The predicted octanol–water partition coefficient (Wildman–Crippen LogP) is 1.65. The van der Waals surface area contributed by atoms with Gasteiger partial charge in [0.2, 0.25) is 0 Å². The van der Waals surface area contributed by atoms with Gasteiger partial charge < -0.3 is 32.7 Å². The predicted molar refractivity (Wildman–Crippen MR) is 121 cm³/mol. The minimum atomic E-state index is -5.39. The lowest BCUT2D eigenvalue weighted by Crippen LogP contribution is -2.39. The summed E-state index contributed by atoms with van der Waals surface area (Å²) in [5, 5.41) is 0. The molecule has 0 saturated carbocycles. The number of nitrogens with zero attached hydrogens (tertiary/aromatic N) is 3. The van der Waals surface area contributed by atoms with Crippen LogP contribution in [0.1, 0.15) is 60.8 Å². The topological polar surface area (TPSA) is 86.2 Å². The van der Waals surface area contributed by atoms with Crippen molar-refractivity contribution in [2.75, 3.05) is 81.6 Å². The van der Waals surface area contributed by atoms with Crippen molar-refractivity contribution in [1.29, 1.82) is 0 Å². The molecule has 0 fully saturated rings. The monoisotopic (exact) mass is 443 g/mol. The fourth-order valence-corrected chi connectivity index (χ4v) is 2.29. The molecule has 0 aliphatic carbocycles. The van der Waals surface area contributed by atoms with Crippen molar-refractivity contribution in [2.24, 2.45) is 0 Å². The summed E-state index contributed by atoms with van der Waals surface area (Å²) < 4.78 is 12.0. The lowest BCUT2D eigenvalue weighted by Gasteiger charge is -2.36. The average Bonchev–Trinajstić information content (AvgIpc) is 2.54. The van der Waals surface area contributed by atoms with Crippen LogP contribution in [0.25, 0.3) is 0 Å². The summed E-state index contributed by atoms with van der Waals surface area (Å²) >= 11 is 0. The van der Waals surface area contributed by atoms with Crippen LogP contribution in [0.2, 0.25) is 0 Å².